The van der Waals surface area contributed by atoms with Crippen molar-refractivity contribution in [3.8, 4) is 0 Å². The van der Waals surface area contributed by atoms with Crippen LogP contribution in [0.3, 0.4) is 0 Å². The van der Waals surface area contributed by atoms with Gasteiger partial charge in [-0.25, -0.2) is 19.9 Å². The van der Waals surface area contributed by atoms with Crippen molar-refractivity contribution in [3.63, 3.8) is 0 Å². The highest BCUT2D eigenvalue weighted by atomic mass is 19.4. The van der Waals surface area contributed by atoms with Gasteiger partial charge in [0.05, 0.1) is 12.2 Å². The number of halogens is 3. The van der Waals surface area contributed by atoms with Crippen LogP contribution in [0.4, 0.5) is 19.1 Å². The van der Waals surface area contributed by atoms with Gasteiger partial charge in [-0.15, -0.1) is 0 Å². The summed E-state index contributed by atoms with van der Waals surface area (Å²) in [6, 6.07) is 0.874. The number of nitrogens with zero attached hydrogens (tertiary/aromatic N) is 5. The van der Waals surface area contributed by atoms with Crippen LogP contribution in [0, 0.1) is 0 Å². The molecule has 2 aromatic heterocycles. The summed E-state index contributed by atoms with van der Waals surface area (Å²) in [4.78, 5) is 18.0. The molecule has 1 aliphatic heterocycles. The molecule has 0 unspecified atom stereocenters. The SMILES string of the molecule is CCc1ncc2c(n1)CN(c1nccc(C(F)(F)F)n1)CC2. The van der Waals surface area contributed by atoms with E-state index >= 15 is 0 Å². The molecule has 0 radical (unpaired) electrons. The number of fused-ring (bicyclic) bond motifs is 1. The van der Waals surface area contributed by atoms with Gasteiger partial charge in [0.25, 0.3) is 0 Å². The molecule has 1 aliphatic rings. The molecule has 116 valence electrons. The summed E-state index contributed by atoms with van der Waals surface area (Å²) < 4.78 is 38.2. The minimum Gasteiger partial charge on any atom is -0.335 e. The topological polar surface area (TPSA) is 54.8 Å². The Hall–Kier alpha value is -2.25. The molecule has 8 heteroatoms. The lowest BCUT2D eigenvalue weighted by atomic mass is 10.1. The van der Waals surface area contributed by atoms with Crippen molar-refractivity contribution in [2.24, 2.45) is 0 Å². The number of alkyl halides is 3. The zero-order valence-corrected chi connectivity index (χ0v) is 11.9. The van der Waals surface area contributed by atoms with Crippen molar-refractivity contribution in [3.05, 3.63) is 41.2 Å². The number of hydrogen-bond acceptors (Lipinski definition) is 5. The third-order valence-corrected chi connectivity index (χ3v) is 3.53. The van der Waals surface area contributed by atoms with Crippen molar-refractivity contribution in [1.29, 1.82) is 0 Å². The summed E-state index contributed by atoms with van der Waals surface area (Å²) in [6.45, 7) is 2.90. The Morgan fingerprint density at radius 3 is 2.77 bits per heavy atom. The molecule has 5 nitrogen and oxygen atoms in total. The normalized spacial score (nSPS) is 14.8. The third kappa shape index (κ3) is 2.86. The quantitative estimate of drug-likeness (QED) is 0.852. The van der Waals surface area contributed by atoms with E-state index in [1.54, 1.807) is 11.1 Å². The Balaban J connectivity index is 1.88. The second-order valence-corrected chi connectivity index (χ2v) is 5.02. The Bertz CT molecular complexity index is 686. The van der Waals surface area contributed by atoms with E-state index in [1.807, 2.05) is 6.92 Å². The average molecular weight is 309 g/mol. The summed E-state index contributed by atoms with van der Waals surface area (Å²) in [5.41, 5.74) is 0.930. The predicted molar refractivity (Wildman–Crippen MR) is 73.2 cm³/mol. The van der Waals surface area contributed by atoms with E-state index in [0.717, 1.165) is 29.3 Å². The van der Waals surface area contributed by atoms with Crippen molar-refractivity contribution >= 4 is 5.95 Å². The van der Waals surface area contributed by atoms with Crippen LogP contribution in [0.2, 0.25) is 0 Å². The van der Waals surface area contributed by atoms with Gasteiger partial charge in [0.1, 0.15) is 11.5 Å². The lowest BCUT2D eigenvalue weighted by molar-refractivity contribution is -0.141. The van der Waals surface area contributed by atoms with Crippen molar-refractivity contribution in [1.82, 2.24) is 19.9 Å². The second kappa shape index (κ2) is 5.51. The minimum atomic E-state index is -4.47. The highest BCUT2D eigenvalue weighted by Crippen LogP contribution is 2.29. The largest absolute Gasteiger partial charge is 0.433 e. The van der Waals surface area contributed by atoms with Crippen LogP contribution in [0.25, 0.3) is 0 Å². The number of aryl methyl sites for hydroxylation is 1. The summed E-state index contributed by atoms with van der Waals surface area (Å²) in [5, 5.41) is 0. The van der Waals surface area contributed by atoms with Gasteiger partial charge in [-0.3, -0.25) is 0 Å². The lowest BCUT2D eigenvalue weighted by Crippen LogP contribution is -2.33. The molecule has 0 saturated heterocycles. The first-order valence-corrected chi connectivity index (χ1v) is 6.96. The molecule has 0 aromatic carbocycles. The number of rotatable bonds is 2. The van der Waals surface area contributed by atoms with Crippen LogP contribution in [-0.2, 0) is 25.6 Å². The maximum atomic E-state index is 12.7. The molecule has 0 bridgehead atoms. The predicted octanol–water partition coefficient (Wildman–Crippen LogP) is 2.41. The molecule has 3 heterocycles. The monoisotopic (exact) mass is 309 g/mol. The fourth-order valence-corrected chi connectivity index (χ4v) is 2.34. The molecular formula is C14H14F3N5. The highest BCUT2D eigenvalue weighted by Gasteiger charge is 2.33. The Morgan fingerprint density at radius 1 is 1.23 bits per heavy atom. The van der Waals surface area contributed by atoms with Gasteiger partial charge < -0.3 is 4.90 Å². The summed E-state index contributed by atoms with van der Waals surface area (Å²) >= 11 is 0. The first-order chi connectivity index (χ1) is 10.5. The van der Waals surface area contributed by atoms with Crippen LogP contribution in [0.5, 0.6) is 0 Å². The first kappa shape index (κ1) is 14.7. The van der Waals surface area contributed by atoms with Crippen LogP contribution in [-0.4, -0.2) is 26.5 Å². The van der Waals surface area contributed by atoms with E-state index in [9.17, 15) is 13.2 Å². The molecule has 3 rings (SSSR count). The van der Waals surface area contributed by atoms with E-state index in [0.29, 0.717) is 25.9 Å². The fourth-order valence-electron chi connectivity index (χ4n) is 2.34. The van der Waals surface area contributed by atoms with Gasteiger partial charge in [-0.05, 0) is 18.1 Å². The van der Waals surface area contributed by atoms with E-state index < -0.39 is 11.9 Å². The molecule has 22 heavy (non-hydrogen) atoms. The molecule has 0 aliphatic carbocycles. The molecule has 0 fully saturated rings. The molecule has 0 amide bonds. The van der Waals surface area contributed by atoms with Gasteiger partial charge in [0.2, 0.25) is 5.95 Å². The molecule has 2 aromatic rings. The second-order valence-electron chi connectivity index (χ2n) is 5.02. The first-order valence-electron chi connectivity index (χ1n) is 6.96. The van der Waals surface area contributed by atoms with Gasteiger partial charge in [0, 0.05) is 25.4 Å². The van der Waals surface area contributed by atoms with Gasteiger partial charge in [-0.1, -0.05) is 6.92 Å². The van der Waals surface area contributed by atoms with Crippen LogP contribution in [0.1, 0.15) is 29.7 Å². The zero-order chi connectivity index (χ0) is 15.7. The maximum absolute atomic E-state index is 12.7. The minimum absolute atomic E-state index is 0.0807. The Kier molecular flexibility index (Phi) is 3.67. The van der Waals surface area contributed by atoms with Gasteiger partial charge in [0.15, 0.2) is 0 Å². The Morgan fingerprint density at radius 2 is 2.05 bits per heavy atom. The van der Waals surface area contributed by atoms with Crippen molar-refractivity contribution in [2.45, 2.75) is 32.5 Å². The molecule has 0 saturated carbocycles. The fraction of sp³-hybridized carbons (Fsp3) is 0.429. The van der Waals surface area contributed by atoms with Crippen molar-refractivity contribution < 1.29 is 13.2 Å². The molecule has 0 spiro atoms. The summed E-state index contributed by atoms with van der Waals surface area (Å²) in [7, 11) is 0. The average Bonchev–Trinajstić information content (AvgIpc) is 2.53. The summed E-state index contributed by atoms with van der Waals surface area (Å²) in [5.74, 6) is 0.808. The van der Waals surface area contributed by atoms with Gasteiger partial charge in [-0.2, -0.15) is 13.2 Å². The van der Waals surface area contributed by atoms with Crippen LogP contribution >= 0.6 is 0 Å². The van der Waals surface area contributed by atoms with E-state index in [4.69, 9.17) is 0 Å². The third-order valence-electron chi connectivity index (χ3n) is 3.53. The van der Waals surface area contributed by atoms with Crippen LogP contribution in [0.15, 0.2) is 18.5 Å². The smallest absolute Gasteiger partial charge is 0.335 e. The summed E-state index contributed by atoms with van der Waals surface area (Å²) in [6.07, 6.45) is -0.154. The number of anilines is 1. The number of hydrogen-bond donors (Lipinski definition) is 0. The zero-order valence-electron chi connectivity index (χ0n) is 11.9. The molecule has 0 atom stereocenters. The maximum Gasteiger partial charge on any atom is 0.433 e. The van der Waals surface area contributed by atoms with E-state index in [1.165, 1.54) is 0 Å². The standard InChI is InChI=1S/C14H14F3N5/c1-2-12-19-7-9-4-6-22(8-10(9)20-12)13-18-5-3-11(21-13)14(15,16)17/h3,5,7H,2,4,6,8H2,1H3. The number of aromatic nitrogens is 4. The lowest BCUT2D eigenvalue weighted by Gasteiger charge is -2.28. The van der Waals surface area contributed by atoms with E-state index in [2.05, 4.69) is 19.9 Å². The van der Waals surface area contributed by atoms with E-state index in [-0.39, 0.29) is 5.95 Å². The van der Waals surface area contributed by atoms with Gasteiger partial charge >= 0.3 is 6.18 Å². The van der Waals surface area contributed by atoms with Crippen LogP contribution < -0.4 is 4.90 Å². The van der Waals surface area contributed by atoms with Crippen molar-refractivity contribution in [2.75, 3.05) is 11.4 Å². The molecule has 0 N–H and O–H groups in total. The highest BCUT2D eigenvalue weighted by molar-refractivity contribution is 5.37. The Labute approximate surface area is 125 Å². The molecular weight excluding hydrogens is 295 g/mol.